The quantitative estimate of drug-likeness (QED) is 0.619. The Labute approximate surface area is 132 Å². The second-order valence-corrected chi connectivity index (χ2v) is 5.77. The number of benzene rings is 1. The minimum atomic E-state index is -4.66. The second-order valence-electron chi connectivity index (χ2n) is 4.85. The number of nitro benzene ring substituents is 1. The van der Waals surface area contributed by atoms with Gasteiger partial charge in [0.1, 0.15) is 6.04 Å². The number of halogens is 4. The number of piperazine rings is 1. The standard InChI is InChI=1S/C12H13BrF3N3O3/c13-7-5-8(10(20)9(6-7)19(21)22)11(12(14,15)16)18-3-1-17-2-4-18/h5-6,11,17,20H,1-4H2/t11-/m0/s1. The fraction of sp³-hybridized carbons (Fsp3) is 0.500. The maximum atomic E-state index is 13.5. The lowest BCUT2D eigenvalue weighted by molar-refractivity contribution is -0.386. The molecule has 1 aliphatic rings. The first-order valence-electron chi connectivity index (χ1n) is 6.40. The smallest absolute Gasteiger partial charge is 0.408 e. The summed E-state index contributed by atoms with van der Waals surface area (Å²) < 4.78 is 40.5. The van der Waals surface area contributed by atoms with Gasteiger partial charge in [-0.3, -0.25) is 15.0 Å². The highest BCUT2D eigenvalue weighted by atomic mass is 79.9. The van der Waals surface area contributed by atoms with E-state index in [0.29, 0.717) is 13.1 Å². The molecule has 0 unspecified atom stereocenters. The first kappa shape index (κ1) is 17.0. The van der Waals surface area contributed by atoms with Crippen LogP contribution in [0.4, 0.5) is 18.9 Å². The molecule has 0 bridgehead atoms. The summed E-state index contributed by atoms with van der Waals surface area (Å²) in [6.07, 6.45) is -4.66. The lowest BCUT2D eigenvalue weighted by Gasteiger charge is -2.36. The molecular formula is C12H13BrF3N3O3. The van der Waals surface area contributed by atoms with Gasteiger partial charge in [0.15, 0.2) is 5.75 Å². The summed E-state index contributed by atoms with van der Waals surface area (Å²) in [6.45, 7) is 1.01. The Bertz CT molecular complexity index is 577. The average molecular weight is 384 g/mol. The SMILES string of the molecule is O=[N+]([O-])c1cc(Br)cc([C@H](N2CCNCC2)C(F)(F)F)c1O. The van der Waals surface area contributed by atoms with Crippen molar-refractivity contribution < 1.29 is 23.2 Å². The minimum Gasteiger partial charge on any atom is -0.502 e. The van der Waals surface area contributed by atoms with E-state index < -0.39 is 34.1 Å². The largest absolute Gasteiger partial charge is 0.502 e. The van der Waals surface area contributed by atoms with Gasteiger partial charge in [0.2, 0.25) is 0 Å². The third kappa shape index (κ3) is 3.50. The fourth-order valence-electron chi connectivity index (χ4n) is 2.47. The Kier molecular flexibility index (Phi) is 4.93. The number of nitrogens with one attached hydrogen (secondary N) is 1. The van der Waals surface area contributed by atoms with Crippen molar-refractivity contribution in [2.45, 2.75) is 12.2 Å². The van der Waals surface area contributed by atoms with E-state index >= 15 is 0 Å². The van der Waals surface area contributed by atoms with Crippen LogP contribution in [0, 0.1) is 10.1 Å². The molecule has 2 rings (SSSR count). The molecule has 122 valence electrons. The van der Waals surface area contributed by atoms with Gasteiger partial charge in [-0.25, -0.2) is 0 Å². The van der Waals surface area contributed by atoms with Crippen molar-refractivity contribution in [1.29, 1.82) is 0 Å². The van der Waals surface area contributed by atoms with Crippen molar-refractivity contribution in [2.24, 2.45) is 0 Å². The summed E-state index contributed by atoms with van der Waals surface area (Å²) in [6, 6.07) is -0.0437. The fourth-order valence-corrected chi connectivity index (χ4v) is 2.94. The molecule has 1 aliphatic heterocycles. The molecule has 2 N–H and O–H groups in total. The normalized spacial score (nSPS) is 18.2. The number of hydrogen-bond acceptors (Lipinski definition) is 5. The number of nitro groups is 1. The summed E-state index contributed by atoms with van der Waals surface area (Å²) in [5, 5.41) is 23.8. The topological polar surface area (TPSA) is 78.6 Å². The van der Waals surface area contributed by atoms with E-state index in [1.165, 1.54) is 0 Å². The number of aromatic hydroxyl groups is 1. The number of alkyl halides is 3. The molecule has 1 fully saturated rings. The van der Waals surface area contributed by atoms with Gasteiger partial charge in [-0.05, 0) is 6.07 Å². The monoisotopic (exact) mass is 383 g/mol. The first-order chi connectivity index (χ1) is 10.2. The van der Waals surface area contributed by atoms with Crippen LogP contribution in [0.15, 0.2) is 16.6 Å². The van der Waals surface area contributed by atoms with Crippen LogP contribution in [-0.2, 0) is 0 Å². The van der Waals surface area contributed by atoms with Crippen molar-refractivity contribution in [3.8, 4) is 5.75 Å². The van der Waals surface area contributed by atoms with Gasteiger partial charge >= 0.3 is 11.9 Å². The molecule has 0 saturated carbocycles. The third-order valence-electron chi connectivity index (χ3n) is 3.40. The molecule has 0 spiro atoms. The number of nitrogens with zero attached hydrogens (tertiary/aromatic N) is 2. The van der Waals surface area contributed by atoms with Crippen LogP contribution in [0.1, 0.15) is 11.6 Å². The van der Waals surface area contributed by atoms with Crippen LogP contribution >= 0.6 is 15.9 Å². The molecule has 0 aromatic heterocycles. The maximum Gasteiger partial charge on any atom is 0.408 e. The summed E-state index contributed by atoms with van der Waals surface area (Å²) in [7, 11) is 0. The van der Waals surface area contributed by atoms with E-state index in [-0.39, 0.29) is 17.6 Å². The lowest BCUT2D eigenvalue weighted by atomic mass is 10.0. The average Bonchev–Trinajstić information content (AvgIpc) is 2.42. The van der Waals surface area contributed by atoms with E-state index in [0.717, 1.165) is 17.0 Å². The summed E-state index contributed by atoms with van der Waals surface area (Å²) >= 11 is 2.96. The Balaban J connectivity index is 2.54. The lowest BCUT2D eigenvalue weighted by Crippen LogP contribution is -2.49. The summed E-state index contributed by atoms with van der Waals surface area (Å²) in [4.78, 5) is 11.1. The van der Waals surface area contributed by atoms with E-state index in [1.54, 1.807) is 0 Å². The van der Waals surface area contributed by atoms with Gasteiger partial charge in [-0.1, -0.05) is 15.9 Å². The van der Waals surface area contributed by atoms with Crippen LogP contribution < -0.4 is 5.32 Å². The van der Waals surface area contributed by atoms with Gasteiger partial charge < -0.3 is 10.4 Å². The zero-order valence-corrected chi connectivity index (χ0v) is 12.8. The van der Waals surface area contributed by atoms with Gasteiger partial charge in [-0.15, -0.1) is 0 Å². The van der Waals surface area contributed by atoms with E-state index in [9.17, 15) is 28.4 Å². The molecule has 6 nitrogen and oxygen atoms in total. The number of rotatable bonds is 3. The van der Waals surface area contributed by atoms with Crippen LogP contribution in [0.5, 0.6) is 5.75 Å². The molecule has 1 atom stereocenters. The molecule has 22 heavy (non-hydrogen) atoms. The van der Waals surface area contributed by atoms with Crippen molar-refractivity contribution in [3.63, 3.8) is 0 Å². The van der Waals surface area contributed by atoms with E-state index in [2.05, 4.69) is 21.2 Å². The van der Waals surface area contributed by atoms with Crippen LogP contribution in [0.2, 0.25) is 0 Å². The highest BCUT2D eigenvalue weighted by molar-refractivity contribution is 9.10. The number of phenols is 1. The number of phenolic OH excluding ortho intramolecular Hbond substituents is 1. The van der Waals surface area contributed by atoms with Crippen molar-refractivity contribution in [3.05, 3.63) is 32.3 Å². The van der Waals surface area contributed by atoms with E-state index in [1.807, 2.05) is 0 Å². The predicted molar refractivity (Wildman–Crippen MR) is 75.7 cm³/mol. The highest BCUT2D eigenvalue weighted by Crippen LogP contribution is 2.45. The number of hydrogen-bond donors (Lipinski definition) is 2. The van der Waals surface area contributed by atoms with Crippen LogP contribution in [0.3, 0.4) is 0 Å². The van der Waals surface area contributed by atoms with Gasteiger partial charge in [0.05, 0.1) is 4.92 Å². The molecule has 0 radical (unpaired) electrons. The second kappa shape index (κ2) is 6.39. The summed E-state index contributed by atoms with van der Waals surface area (Å²) in [5.74, 6) is -0.950. The van der Waals surface area contributed by atoms with Gasteiger partial charge in [0.25, 0.3) is 0 Å². The Morgan fingerprint density at radius 1 is 1.36 bits per heavy atom. The predicted octanol–water partition coefficient (Wildman–Crippen LogP) is 2.57. The molecular weight excluding hydrogens is 371 g/mol. The Morgan fingerprint density at radius 2 is 1.95 bits per heavy atom. The van der Waals surface area contributed by atoms with Gasteiger partial charge in [-0.2, -0.15) is 13.2 Å². The Hall–Kier alpha value is -1.39. The van der Waals surface area contributed by atoms with Gasteiger partial charge in [0, 0.05) is 42.3 Å². The molecule has 0 amide bonds. The van der Waals surface area contributed by atoms with Crippen molar-refractivity contribution >= 4 is 21.6 Å². The van der Waals surface area contributed by atoms with E-state index in [4.69, 9.17) is 0 Å². The third-order valence-corrected chi connectivity index (χ3v) is 3.86. The molecule has 1 saturated heterocycles. The van der Waals surface area contributed by atoms with Crippen molar-refractivity contribution in [2.75, 3.05) is 26.2 Å². The zero-order valence-electron chi connectivity index (χ0n) is 11.2. The molecule has 10 heteroatoms. The molecule has 1 heterocycles. The maximum absolute atomic E-state index is 13.5. The molecule has 1 aromatic rings. The molecule has 1 aromatic carbocycles. The Morgan fingerprint density at radius 3 is 2.45 bits per heavy atom. The van der Waals surface area contributed by atoms with Crippen LogP contribution in [-0.4, -0.2) is 47.3 Å². The first-order valence-corrected chi connectivity index (χ1v) is 7.19. The van der Waals surface area contributed by atoms with Crippen LogP contribution in [0.25, 0.3) is 0 Å². The zero-order chi connectivity index (χ0) is 16.5. The van der Waals surface area contributed by atoms with Crippen molar-refractivity contribution in [1.82, 2.24) is 10.2 Å². The summed E-state index contributed by atoms with van der Waals surface area (Å²) in [5.41, 5.74) is -1.27. The minimum absolute atomic E-state index is 0.108. The highest BCUT2D eigenvalue weighted by Gasteiger charge is 2.47. The molecule has 0 aliphatic carbocycles.